The molecule has 1 heterocycles. The molecule has 5 heteroatoms. The Kier molecular flexibility index (Phi) is 6.87. The van der Waals surface area contributed by atoms with Gasteiger partial charge in [-0.1, -0.05) is 66.2 Å². The van der Waals surface area contributed by atoms with E-state index < -0.39 is 6.10 Å². The van der Waals surface area contributed by atoms with Crippen LogP contribution in [0.2, 0.25) is 5.02 Å². The Hall–Kier alpha value is -3.47. The van der Waals surface area contributed by atoms with Gasteiger partial charge in [-0.3, -0.25) is 4.79 Å². The summed E-state index contributed by atoms with van der Waals surface area (Å²) in [6.45, 7) is 4.13. The zero-order chi connectivity index (χ0) is 23.4. The summed E-state index contributed by atoms with van der Waals surface area (Å²) in [6, 6.07) is 23.3. The summed E-state index contributed by atoms with van der Waals surface area (Å²) in [5.74, 6) is -0.0590. The molecule has 1 unspecified atom stereocenters. The highest BCUT2D eigenvalue weighted by molar-refractivity contribution is 6.30. The first-order valence-electron chi connectivity index (χ1n) is 10.7. The largest absolute Gasteiger partial charge is 0.382 e. The molecule has 0 aliphatic heterocycles. The Morgan fingerprint density at radius 1 is 1.09 bits per heavy atom. The minimum atomic E-state index is -0.867. The van der Waals surface area contributed by atoms with Crippen molar-refractivity contribution in [3.05, 3.63) is 130 Å². The van der Waals surface area contributed by atoms with Crippen molar-refractivity contribution in [2.45, 2.75) is 26.5 Å². The molecule has 4 nitrogen and oxygen atoms in total. The van der Waals surface area contributed by atoms with Gasteiger partial charge >= 0.3 is 0 Å². The molecule has 1 N–H and O–H groups in total. The molecule has 0 spiro atoms. The van der Waals surface area contributed by atoms with Crippen LogP contribution in [0.15, 0.2) is 91.4 Å². The van der Waals surface area contributed by atoms with E-state index in [4.69, 9.17) is 11.6 Å². The van der Waals surface area contributed by atoms with Crippen LogP contribution in [-0.4, -0.2) is 20.4 Å². The van der Waals surface area contributed by atoms with Gasteiger partial charge in [-0.2, -0.15) is 0 Å². The van der Waals surface area contributed by atoms with Crippen molar-refractivity contribution in [3.8, 4) is 0 Å². The summed E-state index contributed by atoms with van der Waals surface area (Å²) < 4.78 is 1.95. The van der Waals surface area contributed by atoms with E-state index in [1.165, 1.54) is 6.92 Å². The number of aliphatic hydroxyl groups is 1. The molecular weight excluding hydrogens is 432 g/mol. The predicted octanol–water partition coefficient (Wildman–Crippen LogP) is 6.00. The van der Waals surface area contributed by atoms with Crippen LogP contribution < -0.4 is 0 Å². The van der Waals surface area contributed by atoms with Crippen molar-refractivity contribution < 1.29 is 9.90 Å². The Bertz CT molecular complexity index is 1310. The first kappa shape index (κ1) is 22.7. The standard InChI is InChI=1S/C28H25ClN2O2/c1-19-11-12-23(15-25(19)26(13-20(2)32)22-9-6-10-24(29)14-22)28(33)27-16-30-18-31(27)17-21-7-4-3-5-8-21/h3-16,18,28,33H,17H2,1-2H3/b26-13-. The molecule has 1 atom stereocenters. The molecule has 0 aliphatic carbocycles. The average Bonchev–Trinajstić information content (AvgIpc) is 3.26. The smallest absolute Gasteiger partial charge is 0.153 e. The molecule has 0 saturated carbocycles. The lowest BCUT2D eigenvalue weighted by atomic mass is 9.90. The Morgan fingerprint density at radius 3 is 2.61 bits per heavy atom. The van der Waals surface area contributed by atoms with Gasteiger partial charge < -0.3 is 9.67 Å². The SMILES string of the molecule is CC(=O)/C=C(/c1cccc(Cl)c1)c1cc(C(O)c2cncn2Cc2ccccc2)ccc1C. The number of hydrogen-bond donors (Lipinski definition) is 1. The number of imidazole rings is 1. The molecule has 0 bridgehead atoms. The average molecular weight is 457 g/mol. The molecule has 1 aromatic heterocycles. The molecule has 0 fully saturated rings. The predicted molar refractivity (Wildman–Crippen MR) is 132 cm³/mol. The van der Waals surface area contributed by atoms with E-state index in [-0.39, 0.29) is 5.78 Å². The van der Waals surface area contributed by atoms with Crippen LogP contribution in [0, 0.1) is 6.92 Å². The van der Waals surface area contributed by atoms with E-state index in [0.29, 0.717) is 17.3 Å². The van der Waals surface area contributed by atoms with Crippen LogP contribution in [0.5, 0.6) is 0 Å². The maximum absolute atomic E-state index is 12.1. The molecule has 3 aromatic carbocycles. The van der Waals surface area contributed by atoms with Crippen molar-refractivity contribution >= 4 is 23.0 Å². The maximum Gasteiger partial charge on any atom is 0.153 e. The fourth-order valence-corrected chi connectivity index (χ4v) is 4.11. The van der Waals surface area contributed by atoms with Crippen molar-refractivity contribution in [2.24, 2.45) is 0 Å². The minimum absolute atomic E-state index is 0.0590. The number of carbonyl (C=O) groups is 1. The lowest BCUT2D eigenvalue weighted by molar-refractivity contribution is -0.112. The van der Waals surface area contributed by atoms with Crippen LogP contribution in [0.25, 0.3) is 5.57 Å². The van der Waals surface area contributed by atoms with Crippen LogP contribution in [0.1, 0.15) is 46.5 Å². The van der Waals surface area contributed by atoms with Gasteiger partial charge in [-0.05, 0) is 71.5 Å². The van der Waals surface area contributed by atoms with Gasteiger partial charge in [0.1, 0.15) is 6.10 Å². The topological polar surface area (TPSA) is 55.1 Å². The van der Waals surface area contributed by atoms with E-state index in [0.717, 1.165) is 33.4 Å². The van der Waals surface area contributed by atoms with Crippen LogP contribution in [-0.2, 0) is 11.3 Å². The highest BCUT2D eigenvalue weighted by Gasteiger charge is 2.18. The third-order valence-electron chi connectivity index (χ3n) is 5.57. The summed E-state index contributed by atoms with van der Waals surface area (Å²) in [6.07, 6.45) is 4.17. The quantitative estimate of drug-likeness (QED) is 0.347. The Labute approximate surface area is 198 Å². The number of benzene rings is 3. The van der Waals surface area contributed by atoms with E-state index in [9.17, 15) is 9.90 Å². The van der Waals surface area contributed by atoms with Gasteiger partial charge in [0.15, 0.2) is 5.78 Å². The molecule has 0 aliphatic rings. The number of nitrogens with zero attached hydrogens (tertiary/aromatic N) is 2. The van der Waals surface area contributed by atoms with Crippen molar-refractivity contribution in [1.29, 1.82) is 0 Å². The molecule has 4 aromatic rings. The highest BCUT2D eigenvalue weighted by Crippen LogP contribution is 2.32. The van der Waals surface area contributed by atoms with Crippen molar-refractivity contribution in [2.75, 3.05) is 0 Å². The van der Waals surface area contributed by atoms with E-state index >= 15 is 0 Å². The number of carbonyl (C=O) groups excluding carboxylic acids is 1. The van der Waals surface area contributed by atoms with Gasteiger partial charge in [0, 0.05) is 11.6 Å². The fourth-order valence-electron chi connectivity index (χ4n) is 3.92. The molecule has 33 heavy (non-hydrogen) atoms. The number of ketones is 1. The summed E-state index contributed by atoms with van der Waals surface area (Å²) in [7, 11) is 0. The summed E-state index contributed by atoms with van der Waals surface area (Å²) in [5.41, 5.74) is 6.04. The normalized spacial score (nSPS) is 12.5. The molecule has 0 amide bonds. The second-order valence-corrected chi connectivity index (χ2v) is 8.52. The molecule has 4 rings (SSSR count). The number of halogens is 1. The first-order chi connectivity index (χ1) is 15.9. The first-order valence-corrected chi connectivity index (χ1v) is 11.1. The van der Waals surface area contributed by atoms with Gasteiger partial charge in [0.05, 0.1) is 18.2 Å². The fraction of sp³-hybridized carbons (Fsp3) is 0.143. The molecule has 0 saturated heterocycles. The second-order valence-electron chi connectivity index (χ2n) is 8.09. The molecule has 0 radical (unpaired) electrons. The molecular formula is C28H25ClN2O2. The minimum Gasteiger partial charge on any atom is -0.382 e. The number of aryl methyl sites for hydroxylation is 1. The van der Waals surface area contributed by atoms with Crippen LogP contribution in [0.3, 0.4) is 0 Å². The third kappa shape index (κ3) is 5.30. The highest BCUT2D eigenvalue weighted by atomic mass is 35.5. The number of allylic oxidation sites excluding steroid dienone is 1. The Balaban J connectivity index is 1.73. The van der Waals surface area contributed by atoms with Gasteiger partial charge in [0.2, 0.25) is 0 Å². The third-order valence-corrected chi connectivity index (χ3v) is 5.81. The summed E-state index contributed by atoms with van der Waals surface area (Å²) >= 11 is 6.22. The number of aliphatic hydroxyl groups excluding tert-OH is 1. The van der Waals surface area contributed by atoms with Gasteiger partial charge in [-0.25, -0.2) is 4.98 Å². The lowest BCUT2D eigenvalue weighted by Crippen LogP contribution is -2.10. The van der Waals surface area contributed by atoms with E-state index in [1.807, 2.05) is 78.2 Å². The number of aromatic nitrogens is 2. The van der Waals surface area contributed by atoms with Crippen LogP contribution in [0.4, 0.5) is 0 Å². The van der Waals surface area contributed by atoms with Gasteiger partial charge in [0.25, 0.3) is 0 Å². The number of rotatable bonds is 7. The zero-order valence-electron chi connectivity index (χ0n) is 18.6. The maximum atomic E-state index is 12.1. The lowest BCUT2D eigenvalue weighted by Gasteiger charge is -2.18. The summed E-state index contributed by atoms with van der Waals surface area (Å²) in [5, 5.41) is 11.9. The monoisotopic (exact) mass is 456 g/mol. The zero-order valence-corrected chi connectivity index (χ0v) is 19.3. The van der Waals surface area contributed by atoms with Crippen LogP contribution >= 0.6 is 11.6 Å². The van der Waals surface area contributed by atoms with E-state index in [1.54, 1.807) is 24.7 Å². The van der Waals surface area contributed by atoms with Gasteiger partial charge in [-0.15, -0.1) is 0 Å². The number of hydrogen-bond acceptors (Lipinski definition) is 3. The second kappa shape index (κ2) is 9.99. The molecule has 166 valence electrons. The van der Waals surface area contributed by atoms with E-state index in [2.05, 4.69) is 4.98 Å². The summed E-state index contributed by atoms with van der Waals surface area (Å²) in [4.78, 5) is 16.3. The van der Waals surface area contributed by atoms with Crippen molar-refractivity contribution in [1.82, 2.24) is 9.55 Å². The Morgan fingerprint density at radius 2 is 1.88 bits per heavy atom. The van der Waals surface area contributed by atoms with Crippen molar-refractivity contribution in [3.63, 3.8) is 0 Å².